The average molecular weight is 420 g/mol. The third-order valence-corrected chi connectivity index (χ3v) is 4.55. The Bertz CT molecular complexity index is 851. The molecule has 0 aliphatic heterocycles. The fourth-order valence-electron chi connectivity index (χ4n) is 2.05. The molecule has 1 heterocycles. The fraction of sp³-hybridized carbons (Fsp3) is 0.235. The molecule has 27 heavy (non-hydrogen) atoms. The lowest BCUT2D eigenvalue weighted by Crippen LogP contribution is -2.22. The molecule has 0 atom stereocenters. The molecule has 0 bridgehead atoms. The van der Waals surface area contributed by atoms with Crippen LogP contribution < -0.4 is 5.32 Å². The molecule has 1 aromatic carbocycles. The summed E-state index contributed by atoms with van der Waals surface area (Å²) in [6, 6.07) is 7.53. The number of alkyl halides is 3. The van der Waals surface area contributed by atoms with Gasteiger partial charge in [-0.05, 0) is 24.3 Å². The summed E-state index contributed by atoms with van der Waals surface area (Å²) in [6.07, 6.45) is -5.03. The number of hydrogen-bond donors (Lipinski definition) is 1. The summed E-state index contributed by atoms with van der Waals surface area (Å²) in [5.41, 5.74) is -1.44. The zero-order valence-electron chi connectivity index (χ0n) is 13.6. The third kappa shape index (κ3) is 6.37. The van der Waals surface area contributed by atoms with E-state index in [0.29, 0.717) is 9.21 Å². The van der Waals surface area contributed by atoms with E-state index < -0.39 is 35.9 Å². The lowest BCUT2D eigenvalue weighted by atomic mass is 10.1. The number of Topliss-reactive ketones (excluding diaryl/α,β-unsaturated/α-hetero) is 1. The van der Waals surface area contributed by atoms with E-state index in [1.807, 2.05) is 5.32 Å². The number of nitrogens with one attached hydrogen (secondary N) is 1. The lowest BCUT2D eigenvalue weighted by molar-refractivity contribution is -0.147. The second kappa shape index (κ2) is 9.01. The van der Waals surface area contributed by atoms with Gasteiger partial charge >= 0.3 is 12.1 Å². The van der Waals surface area contributed by atoms with E-state index in [0.717, 1.165) is 23.5 Å². The number of carbonyl (C=O) groups is 3. The molecular formula is C17H13ClF3NO4S. The molecule has 0 saturated heterocycles. The molecule has 10 heteroatoms. The maximum atomic E-state index is 12.9. The molecule has 144 valence electrons. The first-order valence-corrected chi connectivity index (χ1v) is 8.76. The van der Waals surface area contributed by atoms with Crippen molar-refractivity contribution in [3.8, 4) is 0 Å². The summed E-state index contributed by atoms with van der Waals surface area (Å²) in [6.45, 7) is -0.760. The standard InChI is InChI=1S/C17H13ClF3NO4S/c18-14-7-6-13(27-14)12(23)5-8-16(25)26-9-15(24)22-11-4-2-1-3-10(11)17(19,20)21/h1-4,6-7H,5,8-9H2,(H,22,24). The van der Waals surface area contributed by atoms with E-state index in [1.54, 1.807) is 6.07 Å². The molecule has 0 aliphatic rings. The summed E-state index contributed by atoms with van der Waals surface area (Å²) in [5.74, 6) is -2.03. The van der Waals surface area contributed by atoms with Crippen LogP contribution in [-0.2, 0) is 20.5 Å². The smallest absolute Gasteiger partial charge is 0.418 e. The number of amides is 1. The topological polar surface area (TPSA) is 72.5 Å². The first kappa shape index (κ1) is 20.9. The summed E-state index contributed by atoms with van der Waals surface area (Å²) in [5, 5.41) is 2.05. The number of carbonyl (C=O) groups excluding carboxylic acids is 3. The average Bonchev–Trinajstić information content (AvgIpc) is 3.04. The Morgan fingerprint density at radius 1 is 1.07 bits per heavy atom. The number of para-hydroxylation sites is 1. The van der Waals surface area contributed by atoms with Crippen molar-refractivity contribution in [2.45, 2.75) is 19.0 Å². The number of hydrogen-bond acceptors (Lipinski definition) is 5. The number of esters is 1. The monoisotopic (exact) mass is 419 g/mol. The number of rotatable bonds is 7. The second-order valence-electron chi connectivity index (χ2n) is 5.28. The van der Waals surface area contributed by atoms with Gasteiger partial charge in [-0.25, -0.2) is 0 Å². The van der Waals surface area contributed by atoms with Crippen LogP contribution in [0.5, 0.6) is 0 Å². The molecular weight excluding hydrogens is 407 g/mol. The molecule has 1 amide bonds. The molecule has 0 aliphatic carbocycles. The Morgan fingerprint density at radius 2 is 1.78 bits per heavy atom. The molecule has 5 nitrogen and oxygen atoms in total. The van der Waals surface area contributed by atoms with Gasteiger partial charge in [-0.1, -0.05) is 23.7 Å². The molecule has 0 radical (unpaired) electrons. The second-order valence-corrected chi connectivity index (χ2v) is 6.99. The van der Waals surface area contributed by atoms with Gasteiger partial charge in [0, 0.05) is 6.42 Å². The first-order valence-electron chi connectivity index (χ1n) is 7.57. The van der Waals surface area contributed by atoms with Crippen molar-refractivity contribution < 1.29 is 32.3 Å². The zero-order valence-corrected chi connectivity index (χ0v) is 15.2. The van der Waals surface area contributed by atoms with Gasteiger partial charge in [0.05, 0.1) is 26.9 Å². The van der Waals surface area contributed by atoms with Crippen LogP contribution in [0, 0.1) is 0 Å². The van der Waals surface area contributed by atoms with Gasteiger partial charge < -0.3 is 10.1 Å². The van der Waals surface area contributed by atoms with Crippen LogP contribution in [0.3, 0.4) is 0 Å². The Labute approximate surface area is 161 Å². The molecule has 1 N–H and O–H groups in total. The minimum atomic E-state index is -4.63. The van der Waals surface area contributed by atoms with Crippen LogP contribution in [0.2, 0.25) is 4.34 Å². The minimum Gasteiger partial charge on any atom is -0.456 e. The van der Waals surface area contributed by atoms with Crippen LogP contribution in [0.4, 0.5) is 18.9 Å². The zero-order chi connectivity index (χ0) is 20.0. The predicted octanol–water partition coefficient (Wildman–Crippen LogP) is 4.57. The van der Waals surface area contributed by atoms with Crippen molar-refractivity contribution in [1.82, 2.24) is 0 Å². The van der Waals surface area contributed by atoms with Gasteiger partial charge in [-0.3, -0.25) is 14.4 Å². The van der Waals surface area contributed by atoms with Crippen LogP contribution in [0.1, 0.15) is 28.1 Å². The Hall–Kier alpha value is -2.39. The Balaban J connectivity index is 1.80. The maximum absolute atomic E-state index is 12.9. The molecule has 0 fully saturated rings. The first-order chi connectivity index (χ1) is 12.7. The largest absolute Gasteiger partial charge is 0.456 e. The maximum Gasteiger partial charge on any atom is 0.418 e. The molecule has 2 aromatic rings. The van der Waals surface area contributed by atoms with Gasteiger partial charge in [-0.15, -0.1) is 11.3 Å². The van der Waals surface area contributed by atoms with E-state index in [4.69, 9.17) is 11.6 Å². The molecule has 2 rings (SSSR count). The van der Waals surface area contributed by atoms with Crippen molar-refractivity contribution in [2.75, 3.05) is 11.9 Å². The Morgan fingerprint density at radius 3 is 2.41 bits per heavy atom. The number of benzene rings is 1. The van der Waals surface area contributed by atoms with Crippen molar-refractivity contribution in [3.05, 3.63) is 51.2 Å². The number of halogens is 4. The normalized spacial score (nSPS) is 11.1. The van der Waals surface area contributed by atoms with Gasteiger partial charge in [0.15, 0.2) is 12.4 Å². The number of ketones is 1. The van der Waals surface area contributed by atoms with Crippen molar-refractivity contribution in [2.24, 2.45) is 0 Å². The number of anilines is 1. The van der Waals surface area contributed by atoms with Gasteiger partial charge in [0.25, 0.3) is 5.91 Å². The molecule has 0 unspecified atom stereocenters. The van der Waals surface area contributed by atoms with Crippen LogP contribution in [0.25, 0.3) is 0 Å². The summed E-state index contributed by atoms with van der Waals surface area (Å²) >= 11 is 6.80. The number of thiophene rings is 1. The molecule has 0 saturated carbocycles. The van der Waals surface area contributed by atoms with E-state index >= 15 is 0 Å². The highest BCUT2D eigenvalue weighted by atomic mass is 35.5. The van der Waals surface area contributed by atoms with Crippen LogP contribution in [0.15, 0.2) is 36.4 Å². The van der Waals surface area contributed by atoms with Crippen molar-refractivity contribution in [1.29, 1.82) is 0 Å². The summed E-state index contributed by atoms with van der Waals surface area (Å²) < 4.78 is 43.7. The highest BCUT2D eigenvalue weighted by molar-refractivity contribution is 7.18. The minimum absolute atomic E-state index is 0.131. The fourth-order valence-corrected chi connectivity index (χ4v) is 3.06. The van der Waals surface area contributed by atoms with E-state index in [-0.39, 0.29) is 18.6 Å². The van der Waals surface area contributed by atoms with E-state index in [1.165, 1.54) is 18.2 Å². The predicted molar refractivity (Wildman–Crippen MR) is 93.9 cm³/mol. The van der Waals surface area contributed by atoms with Crippen LogP contribution >= 0.6 is 22.9 Å². The summed E-state index contributed by atoms with van der Waals surface area (Å²) in [4.78, 5) is 35.6. The van der Waals surface area contributed by atoms with Crippen LogP contribution in [-0.4, -0.2) is 24.3 Å². The van der Waals surface area contributed by atoms with Gasteiger partial charge in [-0.2, -0.15) is 13.2 Å². The lowest BCUT2D eigenvalue weighted by Gasteiger charge is -2.13. The SMILES string of the molecule is O=C(COC(=O)CCC(=O)c1ccc(Cl)s1)Nc1ccccc1C(F)(F)F. The molecule has 0 spiro atoms. The van der Waals surface area contributed by atoms with Crippen molar-refractivity contribution >= 4 is 46.3 Å². The van der Waals surface area contributed by atoms with E-state index in [9.17, 15) is 27.6 Å². The van der Waals surface area contributed by atoms with Gasteiger partial charge in [0.1, 0.15) is 0 Å². The highest BCUT2D eigenvalue weighted by Gasteiger charge is 2.33. The van der Waals surface area contributed by atoms with E-state index in [2.05, 4.69) is 4.74 Å². The third-order valence-electron chi connectivity index (χ3n) is 3.28. The number of ether oxygens (including phenoxy) is 1. The van der Waals surface area contributed by atoms with Crippen molar-refractivity contribution in [3.63, 3.8) is 0 Å². The highest BCUT2D eigenvalue weighted by Crippen LogP contribution is 2.34. The summed E-state index contributed by atoms with van der Waals surface area (Å²) in [7, 11) is 0. The quantitative estimate of drug-likeness (QED) is 0.527. The Kier molecular flexibility index (Phi) is 6.98. The van der Waals surface area contributed by atoms with Gasteiger partial charge in [0.2, 0.25) is 0 Å². The molecule has 1 aromatic heterocycles.